The molecule has 0 unspecified atom stereocenters. The van der Waals surface area contributed by atoms with Gasteiger partial charge < -0.3 is 14.6 Å². The van der Waals surface area contributed by atoms with Crippen LogP contribution in [0.5, 0.6) is 11.5 Å². The molecule has 3 aromatic carbocycles. The van der Waals surface area contributed by atoms with Crippen molar-refractivity contribution in [2.24, 2.45) is 0 Å². The number of hydrogen-bond acceptors (Lipinski definition) is 3. The third-order valence-corrected chi connectivity index (χ3v) is 4.14. The van der Waals surface area contributed by atoms with Gasteiger partial charge in [-0.2, -0.15) is 0 Å². The predicted octanol–water partition coefficient (Wildman–Crippen LogP) is 4.00. The molecule has 0 saturated heterocycles. The van der Waals surface area contributed by atoms with E-state index in [9.17, 15) is 0 Å². The van der Waals surface area contributed by atoms with Crippen molar-refractivity contribution >= 4 is 10.8 Å². The first kappa shape index (κ1) is 16.3. The van der Waals surface area contributed by atoms with Gasteiger partial charge in [0.2, 0.25) is 0 Å². The molecule has 0 aromatic heterocycles. The van der Waals surface area contributed by atoms with E-state index in [-0.39, 0.29) is 6.61 Å². The summed E-state index contributed by atoms with van der Waals surface area (Å²) < 4.78 is 11.3. The van der Waals surface area contributed by atoms with E-state index in [1.165, 1.54) is 16.3 Å². The van der Waals surface area contributed by atoms with Crippen molar-refractivity contribution in [2.75, 3.05) is 20.3 Å². The van der Waals surface area contributed by atoms with E-state index in [4.69, 9.17) is 14.6 Å². The highest BCUT2D eigenvalue weighted by molar-refractivity contribution is 5.85. The van der Waals surface area contributed by atoms with Gasteiger partial charge in [0.1, 0.15) is 0 Å². The minimum atomic E-state index is 0.127. The molecule has 3 aromatic rings. The third-order valence-electron chi connectivity index (χ3n) is 4.14. The van der Waals surface area contributed by atoms with Crippen molar-refractivity contribution in [2.45, 2.75) is 12.8 Å². The summed E-state index contributed by atoms with van der Waals surface area (Å²) in [5.74, 6) is 1.44. The van der Waals surface area contributed by atoms with Gasteiger partial charge in [0.05, 0.1) is 13.7 Å². The molecular weight excluding hydrogens is 300 g/mol. The van der Waals surface area contributed by atoms with E-state index < -0.39 is 0 Å². The van der Waals surface area contributed by atoms with Crippen molar-refractivity contribution in [3.63, 3.8) is 0 Å². The topological polar surface area (TPSA) is 38.7 Å². The molecule has 1 N–H and O–H groups in total. The first-order valence-corrected chi connectivity index (χ1v) is 8.19. The number of aliphatic hydroxyl groups is 1. The molecule has 0 bridgehead atoms. The van der Waals surface area contributed by atoms with E-state index in [0.717, 1.165) is 23.5 Å². The zero-order chi connectivity index (χ0) is 16.8. The molecule has 3 nitrogen and oxygen atoms in total. The molecule has 24 heavy (non-hydrogen) atoms. The lowest BCUT2D eigenvalue weighted by Gasteiger charge is -2.13. The number of methoxy groups -OCH3 is 1. The van der Waals surface area contributed by atoms with Gasteiger partial charge in [-0.05, 0) is 40.5 Å². The summed E-state index contributed by atoms with van der Waals surface area (Å²) in [4.78, 5) is 0. The smallest absolute Gasteiger partial charge is 0.161 e. The molecule has 0 spiro atoms. The minimum absolute atomic E-state index is 0.127. The average Bonchev–Trinajstić information content (AvgIpc) is 2.62. The van der Waals surface area contributed by atoms with Crippen LogP contribution in [0.15, 0.2) is 60.7 Å². The Labute approximate surface area is 142 Å². The molecular formula is C21H22O3. The number of rotatable bonds is 7. The van der Waals surface area contributed by atoms with E-state index in [0.29, 0.717) is 13.0 Å². The standard InChI is InChI=1S/C21H22O3/c1-23-20-10-9-16(11-13-22)15-21(20)24-14-12-18-7-4-6-17-5-2-3-8-19(17)18/h2-10,15,22H,11-14H2,1H3. The zero-order valence-electron chi connectivity index (χ0n) is 13.9. The maximum atomic E-state index is 9.09. The van der Waals surface area contributed by atoms with Crippen LogP contribution in [-0.2, 0) is 12.8 Å². The predicted molar refractivity (Wildman–Crippen MR) is 96.9 cm³/mol. The number of ether oxygens (including phenoxy) is 2. The van der Waals surface area contributed by atoms with Crippen molar-refractivity contribution in [3.8, 4) is 11.5 Å². The molecule has 3 rings (SSSR count). The molecule has 0 heterocycles. The van der Waals surface area contributed by atoms with Crippen LogP contribution in [0.3, 0.4) is 0 Å². The summed E-state index contributed by atoms with van der Waals surface area (Å²) in [5.41, 5.74) is 2.32. The Morgan fingerprint density at radius 2 is 1.71 bits per heavy atom. The molecule has 0 radical (unpaired) electrons. The second kappa shape index (κ2) is 7.84. The molecule has 0 aliphatic carbocycles. The second-order valence-electron chi connectivity index (χ2n) is 5.70. The summed E-state index contributed by atoms with van der Waals surface area (Å²) in [6, 6.07) is 20.5. The molecule has 0 aliphatic heterocycles. The lowest BCUT2D eigenvalue weighted by atomic mass is 10.0. The summed E-state index contributed by atoms with van der Waals surface area (Å²) in [5, 5.41) is 11.6. The molecule has 3 heteroatoms. The summed E-state index contributed by atoms with van der Waals surface area (Å²) >= 11 is 0. The van der Waals surface area contributed by atoms with Gasteiger partial charge in [0.25, 0.3) is 0 Å². The Morgan fingerprint density at radius 3 is 2.54 bits per heavy atom. The molecule has 0 fully saturated rings. The van der Waals surface area contributed by atoms with Gasteiger partial charge in [-0.25, -0.2) is 0 Å². The fourth-order valence-electron chi connectivity index (χ4n) is 2.90. The number of benzene rings is 3. The lowest BCUT2D eigenvalue weighted by Crippen LogP contribution is -2.04. The van der Waals surface area contributed by atoms with Gasteiger partial charge in [-0.3, -0.25) is 0 Å². The quantitative estimate of drug-likeness (QED) is 0.714. The van der Waals surface area contributed by atoms with Crippen molar-refractivity contribution in [1.29, 1.82) is 0 Å². The minimum Gasteiger partial charge on any atom is -0.493 e. The normalized spacial score (nSPS) is 10.8. The fourth-order valence-corrected chi connectivity index (χ4v) is 2.90. The highest BCUT2D eigenvalue weighted by Crippen LogP contribution is 2.28. The van der Waals surface area contributed by atoms with E-state index >= 15 is 0 Å². The molecule has 0 atom stereocenters. The van der Waals surface area contributed by atoms with Crippen molar-refractivity contribution in [1.82, 2.24) is 0 Å². The van der Waals surface area contributed by atoms with E-state index in [2.05, 4.69) is 42.5 Å². The van der Waals surface area contributed by atoms with Crippen molar-refractivity contribution in [3.05, 3.63) is 71.8 Å². The Bertz CT molecular complexity index is 806. The maximum Gasteiger partial charge on any atom is 0.161 e. The monoisotopic (exact) mass is 322 g/mol. The molecule has 124 valence electrons. The van der Waals surface area contributed by atoms with Gasteiger partial charge in [0, 0.05) is 13.0 Å². The van der Waals surface area contributed by atoms with Gasteiger partial charge in [-0.1, -0.05) is 48.5 Å². The Morgan fingerprint density at radius 1 is 0.875 bits per heavy atom. The summed E-state index contributed by atoms with van der Waals surface area (Å²) in [6.07, 6.45) is 1.44. The molecule has 0 aliphatic rings. The molecule has 0 saturated carbocycles. The van der Waals surface area contributed by atoms with Crippen LogP contribution < -0.4 is 9.47 Å². The first-order valence-electron chi connectivity index (χ1n) is 8.19. The number of hydrogen-bond donors (Lipinski definition) is 1. The highest BCUT2D eigenvalue weighted by atomic mass is 16.5. The summed E-state index contributed by atoms with van der Waals surface area (Å²) in [6.45, 7) is 0.703. The lowest BCUT2D eigenvalue weighted by molar-refractivity contribution is 0.292. The van der Waals surface area contributed by atoms with E-state index in [1.807, 2.05) is 18.2 Å². The Kier molecular flexibility index (Phi) is 5.34. The SMILES string of the molecule is COc1ccc(CCO)cc1OCCc1cccc2ccccc12. The van der Waals surface area contributed by atoms with Gasteiger partial charge in [0.15, 0.2) is 11.5 Å². The summed E-state index contributed by atoms with van der Waals surface area (Å²) in [7, 11) is 1.64. The van der Waals surface area contributed by atoms with Crippen LogP contribution in [0.2, 0.25) is 0 Å². The number of fused-ring (bicyclic) bond motifs is 1. The van der Waals surface area contributed by atoms with E-state index in [1.54, 1.807) is 7.11 Å². The van der Waals surface area contributed by atoms with Crippen LogP contribution in [0.4, 0.5) is 0 Å². The second-order valence-corrected chi connectivity index (χ2v) is 5.70. The number of aliphatic hydroxyl groups excluding tert-OH is 1. The highest BCUT2D eigenvalue weighted by Gasteiger charge is 2.07. The fraction of sp³-hybridized carbons (Fsp3) is 0.238. The van der Waals surface area contributed by atoms with Crippen LogP contribution in [-0.4, -0.2) is 25.4 Å². The molecule has 0 amide bonds. The van der Waals surface area contributed by atoms with Gasteiger partial charge in [-0.15, -0.1) is 0 Å². The van der Waals surface area contributed by atoms with Crippen LogP contribution in [0.1, 0.15) is 11.1 Å². The maximum absolute atomic E-state index is 9.09. The van der Waals surface area contributed by atoms with Gasteiger partial charge >= 0.3 is 0 Å². The van der Waals surface area contributed by atoms with Crippen LogP contribution >= 0.6 is 0 Å². The van der Waals surface area contributed by atoms with Crippen LogP contribution in [0.25, 0.3) is 10.8 Å². The zero-order valence-corrected chi connectivity index (χ0v) is 13.9. The van der Waals surface area contributed by atoms with Crippen LogP contribution in [0, 0.1) is 0 Å². The Balaban J connectivity index is 1.72. The average molecular weight is 322 g/mol. The third kappa shape index (κ3) is 3.69. The van der Waals surface area contributed by atoms with Crippen molar-refractivity contribution < 1.29 is 14.6 Å². The largest absolute Gasteiger partial charge is 0.493 e. The Hall–Kier alpha value is -2.52. The first-order chi connectivity index (χ1) is 11.8.